The van der Waals surface area contributed by atoms with Gasteiger partial charge in [-0.3, -0.25) is 9.78 Å². The lowest BCUT2D eigenvalue weighted by molar-refractivity contribution is 0.311. The second-order valence-electron chi connectivity index (χ2n) is 4.67. The summed E-state index contributed by atoms with van der Waals surface area (Å²) in [5, 5.41) is 12.3. The number of fused-ring (bicyclic) bond motifs is 1. The Morgan fingerprint density at radius 2 is 2.10 bits per heavy atom. The summed E-state index contributed by atoms with van der Waals surface area (Å²) in [5.41, 5.74) is 1.88. The number of aromatic nitrogens is 2. The first-order valence-corrected chi connectivity index (χ1v) is 7.46. The number of nitrogens with one attached hydrogen (secondary N) is 2. The number of H-pyrrole nitrogens is 1. The van der Waals surface area contributed by atoms with E-state index in [1.54, 1.807) is 0 Å². The summed E-state index contributed by atoms with van der Waals surface area (Å²) in [6.45, 7) is 2.28. The smallest absolute Gasteiger partial charge is 0.261 e. The Kier molecular flexibility index (Phi) is 3.72. The fraction of sp³-hybridized carbons (Fsp3) is 0.200. The van der Waals surface area contributed by atoms with Gasteiger partial charge >= 0.3 is 0 Å². The van der Waals surface area contributed by atoms with Gasteiger partial charge in [0.25, 0.3) is 5.56 Å². The largest absolute Gasteiger partial charge is 0.395 e. The lowest BCUT2D eigenvalue weighted by Crippen LogP contribution is -2.15. The highest BCUT2D eigenvalue weighted by Gasteiger charge is 2.15. The summed E-state index contributed by atoms with van der Waals surface area (Å²) < 4.78 is 0. The van der Waals surface area contributed by atoms with Crippen LogP contribution in [-0.4, -0.2) is 28.2 Å². The van der Waals surface area contributed by atoms with Gasteiger partial charge in [0, 0.05) is 11.4 Å². The van der Waals surface area contributed by atoms with Crippen LogP contribution < -0.4 is 10.9 Å². The van der Waals surface area contributed by atoms with E-state index in [-0.39, 0.29) is 12.2 Å². The molecule has 5 nitrogen and oxygen atoms in total. The van der Waals surface area contributed by atoms with Crippen LogP contribution in [0.4, 0.5) is 5.95 Å². The molecule has 3 aromatic rings. The van der Waals surface area contributed by atoms with Crippen molar-refractivity contribution in [1.29, 1.82) is 0 Å². The summed E-state index contributed by atoms with van der Waals surface area (Å²) in [6, 6.07) is 9.97. The number of thiophene rings is 1. The molecule has 2 aromatic heterocycles. The third-order valence-electron chi connectivity index (χ3n) is 3.24. The molecule has 0 spiro atoms. The molecule has 0 fully saturated rings. The van der Waals surface area contributed by atoms with Crippen molar-refractivity contribution in [1.82, 2.24) is 9.97 Å². The van der Waals surface area contributed by atoms with Crippen LogP contribution in [0.15, 0.2) is 35.1 Å². The monoisotopic (exact) mass is 301 g/mol. The van der Waals surface area contributed by atoms with E-state index < -0.39 is 0 Å². The maximum absolute atomic E-state index is 12.2. The quantitative estimate of drug-likeness (QED) is 0.691. The fourth-order valence-electron chi connectivity index (χ4n) is 2.27. The van der Waals surface area contributed by atoms with Gasteiger partial charge in [0.05, 0.1) is 12.0 Å². The molecule has 0 unspecified atom stereocenters. The first-order chi connectivity index (χ1) is 10.2. The third kappa shape index (κ3) is 2.55. The Morgan fingerprint density at radius 1 is 1.33 bits per heavy atom. The molecule has 3 rings (SSSR count). The topological polar surface area (TPSA) is 78.0 Å². The van der Waals surface area contributed by atoms with Crippen molar-refractivity contribution in [2.75, 3.05) is 18.5 Å². The molecular weight excluding hydrogens is 286 g/mol. The molecule has 0 saturated carbocycles. The zero-order valence-electron chi connectivity index (χ0n) is 11.5. The number of hydrogen-bond donors (Lipinski definition) is 3. The van der Waals surface area contributed by atoms with Crippen molar-refractivity contribution in [3.05, 3.63) is 46.2 Å². The van der Waals surface area contributed by atoms with Gasteiger partial charge in [-0.1, -0.05) is 30.3 Å². The second kappa shape index (κ2) is 5.67. The molecule has 3 N–H and O–H groups in total. The SMILES string of the molecule is Cc1c(-c2ccccc2)sc2nc(NCCO)[nH]c(=O)c12. The van der Waals surface area contributed by atoms with E-state index in [2.05, 4.69) is 15.3 Å². The maximum Gasteiger partial charge on any atom is 0.261 e. The minimum absolute atomic E-state index is 0.0134. The van der Waals surface area contributed by atoms with Gasteiger partial charge in [-0.05, 0) is 18.1 Å². The number of hydrogen-bond acceptors (Lipinski definition) is 5. The summed E-state index contributed by atoms with van der Waals surface area (Å²) in [6.07, 6.45) is 0. The van der Waals surface area contributed by atoms with Gasteiger partial charge in [0.1, 0.15) is 4.83 Å². The minimum atomic E-state index is -0.156. The van der Waals surface area contributed by atoms with E-state index in [4.69, 9.17) is 5.11 Å². The molecule has 0 bridgehead atoms. The van der Waals surface area contributed by atoms with E-state index in [0.717, 1.165) is 16.0 Å². The minimum Gasteiger partial charge on any atom is -0.395 e. The molecule has 0 radical (unpaired) electrons. The summed E-state index contributed by atoms with van der Waals surface area (Å²) in [7, 11) is 0. The lowest BCUT2D eigenvalue weighted by Gasteiger charge is -2.02. The van der Waals surface area contributed by atoms with Crippen molar-refractivity contribution in [3.8, 4) is 10.4 Å². The van der Waals surface area contributed by atoms with E-state index in [9.17, 15) is 4.79 Å². The van der Waals surface area contributed by atoms with Gasteiger partial charge in [-0.15, -0.1) is 11.3 Å². The predicted octanol–water partition coefficient (Wildman–Crippen LogP) is 2.36. The maximum atomic E-state index is 12.2. The molecule has 0 aliphatic heterocycles. The number of aromatic amines is 1. The molecule has 0 aliphatic carbocycles. The summed E-state index contributed by atoms with van der Waals surface area (Å²) in [4.78, 5) is 21.1. The zero-order valence-corrected chi connectivity index (χ0v) is 12.3. The molecule has 2 heterocycles. The molecule has 6 heteroatoms. The van der Waals surface area contributed by atoms with Crippen molar-refractivity contribution in [2.24, 2.45) is 0 Å². The van der Waals surface area contributed by atoms with Crippen molar-refractivity contribution < 1.29 is 5.11 Å². The Morgan fingerprint density at radius 3 is 2.81 bits per heavy atom. The Hall–Kier alpha value is -2.18. The Bertz CT molecular complexity index is 824. The van der Waals surface area contributed by atoms with Gasteiger partial charge in [-0.25, -0.2) is 4.98 Å². The van der Waals surface area contributed by atoms with Crippen LogP contribution in [0.2, 0.25) is 0 Å². The van der Waals surface area contributed by atoms with Crippen LogP contribution in [-0.2, 0) is 0 Å². The van der Waals surface area contributed by atoms with Crippen LogP contribution in [0.25, 0.3) is 20.7 Å². The highest BCUT2D eigenvalue weighted by Crippen LogP contribution is 2.35. The molecular formula is C15H15N3O2S. The molecule has 1 aromatic carbocycles. The van der Waals surface area contributed by atoms with Crippen molar-refractivity contribution in [3.63, 3.8) is 0 Å². The molecule has 21 heavy (non-hydrogen) atoms. The number of aryl methyl sites for hydroxylation is 1. The third-order valence-corrected chi connectivity index (χ3v) is 4.48. The second-order valence-corrected chi connectivity index (χ2v) is 5.67. The summed E-state index contributed by atoms with van der Waals surface area (Å²) >= 11 is 1.51. The van der Waals surface area contributed by atoms with E-state index in [0.29, 0.717) is 22.7 Å². The highest BCUT2D eigenvalue weighted by atomic mass is 32.1. The molecule has 0 amide bonds. The average Bonchev–Trinajstić information content (AvgIpc) is 2.83. The van der Waals surface area contributed by atoms with Gasteiger partial charge < -0.3 is 10.4 Å². The number of aliphatic hydroxyl groups is 1. The Labute approximate surface area is 125 Å². The fourth-order valence-corrected chi connectivity index (χ4v) is 3.45. The van der Waals surface area contributed by atoms with Crippen LogP contribution in [0.5, 0.6) is 0 Å². The number of anilines is 1. The standard InChI is InChI=1S/C15H15N3O2S/c1-9-11-13(20)17-15(16-7-8-19)18-14(11)21-12(9)10-5-3-2-4-6-10/h2-6,19H,7-8H2,1H3,(H2,16,17,18,20). The number of aliphatic hydroxyl groups excluding tert-OH is 1. The first-order valence-electron chi connectivity index (χ1n) is 6.64. The normalized spacial score (nSPS) is 11.0. The number of rotatable bonds is 4. The van der Waals surface area contributed by atoms with E-state index in [1.807, 2.05) is 37.3 Å². The molecule has 0 saturated heterocycles. The van der Waals surface area contributed by atoms with Gasteiger partial charge in [0.2, 0.25) is 5.95 Å². The van der Waals surface area contributed by atoms with Gasteiger partial charge in [0.15, 0.2) is 0 Å². The van der Waals surface area contributed by atoms with Crippen LogP contribution >= 0.6 is 11.3 Å². The number of nitrogens with zero attached hydrogens (tertiary/aromatic N) is 1. The average molecular weight is 301 g/mol. The van der Waals surface area contributed by atoms with E-state index >= 15 is 0 Å². The molecule has 0 aliphatic rings. The van der Waals surface area contributed by atoms with Crippen LogP contribution in [0.1, 0.15) is 5.56 Å². The van der Waals surface area contributed by atoms with E-state index in [1.165, 1.54) is 11.3 Å². The van der Waals surface area contributed by atoms with Gasteiger partial charge in [-0.2, -0.15) is 0 Å². The predicted molar refractivity (Wildman–Crippen MR) is 86.0 cm³/mol. The lowest BCUT2D eigenvalue weighted by atomic mass is 10.1. The first kappa shape index (κ1) is 13.8. The van der Waals surface area contributed by atoms with Crippen molar-refractivity contribution >= 4 is 27.5 Å². The zero-order chi connectivity index (χ0) is 14.8. The van der Waals surface area contributed by atoms with Crippen molar-refractivity contribution in [2.45, 2.75) is 6.92 Å². The highest BCUT2D eigenvalue weighted by molar-refractivity contribution is 7.22. The van der Waals surface area contributed by atoms with Crippen LogP contribution in [0.3, 0.4) is 0 Å². The summed E-state index contributed by atoms with van der Waals surface area (Å²) in [5.74, 6) is 0.391. The van der Waals surface area contributed by atoms with Crippen LogP contribution in [0, 0.1) is 6.92 Å². The Balaban J connectivity index is 2.15. The molecule has 0 atom stereocenters. The molecule has 108 valence electrons. The number of benzene rings is 1.